The lowest BCUT2D eigenvalue weighted by Crippen LogP contribution is -2.19. The Balaban J connectivity index is 2.34. The van der Waals surface area contributed by atoms with Gasteiger partial charge in [0.05, 0.1) is 23.9 Å². The van der Waals surface area contributed by atoms with Crippen molar-refractivity contribution in [3.8, 4) is 5.75 Å². The zero-order chi connectivity index (χ0) is 18.6. The fourth-order valence-electron chi connectivity index (χ4n) is 2.11. The minimum Gasteiger partial charge on any atom is -0.495 e. The van der Waals surface area contributed by atoms with Crippen LogP contribution in [-0.2, 0) is 0 Å². The van der Waals surface area contributed by atoms with Crippen molar-refractivity contribution in [1.29, 1.82) is 0 Å². The molecule has 0 unspecified atom stereocenters. The van der Waals surface area contributed by atoms with Gasteiger partial charge in [-0.05, 0) is 36.4 Å². The lowest BCUT2D eigenvalue weighted by atomic mass is 10.1. The van der Waals surface area contributed by atoms with E-state index in [-0.39, 0.29) is 34.0 Å². The Morgan fingerprint density at radius 3 is 2.28 bits per heavy atom. The van der Waals surface area contributed by atoms with Crippen LogP contribution in [0.15, 0.2) is 36.4 Å². The van der Waals surface area contributed by atoms with Gasteiger partial charge in [-0.25, -0.2) is 9.18 Å². The highest BCUT2D eigenvalue weighted by Gasteiger charge is 2.17. The van der Waals surface area contributed by atoms with E-state index in [0.29, 0.717) is 0 Å². The Bertz CT molecular complexity index is 851. The minimum atomic E-state index is -1.30. The predicted octanol–water partition coefficient (Wildman–Crippen LogP) is 2.14. The second-order valence-electron chi connectivity index (χ2n) is 4.95. The van der Waals surface area contributed by atoms with Gasteiger partial charge >= 0.3 is 5.97 Å². The number of carboxylic acid groups (broad SMARTS) is 1. The molecule has 8 heteroatoms. The summed E-state index contributed by atoms with van der Waals surface area (Å²) in [6, 6.07) is 7.34. The second-order valence-corrected chi connectivity index (χ2v) is 4.95. The normalized spacial score (nSPS) is 10.0. The van der Waals surface area contributed by atoms with E-state index in [0.717, 1.165) is 18.2 Å². The van der Waals surface area contributed by atoms with Crippen LogP contribution in [0.5, 0.6) is 5.75 Å². The number of anilines is 1. The van der Waals surface area contributed by atoms with Crippen LogP contribution in [0.4, 0.5) is 10.1 Å². The third-order valence-electron chi connectivity index (χ3n) is 3.40. The van der Waals surface area contributed by atoms with Gasteiger partial charge in [-0.1, -0.05) is 0 Å². The number of rotatable bonds is 5. The molecule has 7 nitrogen and oxygen atoms in total. The van der Waals surface area contributed by atoms with Gasteiger partial charge in [0, 0.05) is 12.6 Å². The van der Waals surface area contributed by atoms with Crippen molar-refractivity contribution in [3.63, 3.8) is 0 Å². The molecule has 2 aromatic carbocycles. The number of methoxy groups -OCH3 is 1. The molecule has 2 amide bonds. The number of carbonyl (C=O) groups is 3. The lowest BCUT2D eigenvalue weighted by Gasteiger charge is -2.12. The van der Waals surface area contributed by atoms with Gasteiger partial charge < -0.3 is 20.5 Å². The van der Waals surface area contributed by atoms with E-state index in [4.69, 9.17) is 9.84 Å². The van der Waals surface area contributed by atoms with Gasteiger partial charge in [-0.3, -0.25) is 9.59 Å². The number of hydrogen-bond donors (Lipinski definition) is 3. The van der Waals surface area contributed by atoms with Crippen molar-refractivity contribution in [2.45, 2.75) is 0 Å². The molecule has 130 valence electrons. The van der Waals surface area contributed by atoms with Gasteiger partial charge in [0.15, 0.2) is 0 Å². The van der Waals surface area contributed by atoms with Crippen LogP contribution in [0.1, 0.15) is 31.1 Å². The van der Waals surface area contributed by atoms with Crippen LogP contribution in [-0.4, -0.2) is 37.0 Å². The smallest absolute Gasteiger partial charge is 0.335 e. The molecule has 0 aliphatic heterocycles. The Labute approximate surface area is 142 Å². The molecule has 0 aliphatic carbocycles. The average Bonchev–Trinajstić information content (AvgIpc) is 2.60. The zero-order valence-corrected chi connectivity index (χ0v) is 13.4. The molecule has 0 bridgehead atoms. The van der Waals surface area contributed by atoms with Gasteiger partial charge in [-0.15, -0.1) is 0 Å². The summed E-state index contributed by atoms with van der Waals surface area (Å²) in [6.45, 7) is 0. The molecule has 0 atom stereocenters. The molecule has 0 fully saturated rings. The Morgan fingerprint density at radius 1 is 1.04 bits per heavy atom. The minimum absolute atomic E-state index is 0.176. The van der Waals surface area contributed by atoms with Crippen LogP contribution in [0, 0.1) is 5.82 Å². The van der Waals surface area contributed by atoms with Crippen molar-refractivity contribution in [2.24, 2.45) is 0 Å². The molecule has 0 radical (unpaired) electrons. The van der Waals surface area contributed by atoms with Gasteiger partial charge in [-0.2, -0.15) is 0 Å². The van der Waals surface area contributed by atoms with E-state index >= 15 is 0 Å². The Morgan fingerprint density at radius 2 is 1.72 bits per heavy atom. The highest BCUT2D eigenvalue weighted by molar-refractivity contribution is 6.06. The van der Waals surface area contributed by atoms with Crippen molar-refractivity contribution in [2.75, 3.05) is 19.5 Å². The van der Waals surface area contributed by atoms with Crippen LogP contribution < -0.4 is 15.4 Å². The first-order chi connectivity index (χ1) is 11.9. The van der Waals surface area contributed by atoms with Gasteiger partial charge in [0.25, 0.3) is 11.8 Å². The maximum atomic E-state index is 14.0. The topological polar surface area (TPSA) is 105 Å². The van der Waals surface area contributed by atoms with E-state index < -0.39 is 17.7 Å². The predicted molar refractivity (Wildman–Crippen MR) is 87.7 cm³/mol. The number of carbonyl (C=O) groups excluding carboxylic acids is 2. The maximum absolute atomic E-state index is 14.0. The van der Waals surface area contributed by atoms with Gasteiger partial charge in [0.1, 0.15) is 11.6 Å². The highest BCUT2D eigenvalue weighted by Crippen LogP contribution is 2.26. The van der Waals surface area contributed by atoms with Crippen LogP contribution >= 0.6 is 0 Å². The Hall–Kier alpha value is -3.42. The summed E-state index contributed by atoms with van der Waals surface area (Å²) < 4.78 is 19.1. The van der Waals surface area contributed by atoms with E-state index in [1.807, 2.05) is 0 Å². The number of nitrogens with one attached hydrogen (secondary N) is 2. The maximum Gasteiger partial charge on any atom is 0.335 e. The summed E-state index contributed by atoms with van der Waals surface area (Å²) in [6.07, 6.45) is 0. The van der Waals surface area contributed by atoms with E-state index in [1.54, 1.807) is 0 Å². The van der Waals surface area contributed by atoms with E-state index in [2.05, 4.69) is 10.6 Å². The molecular formula is C17H15FN2O5. The fourth-order valence-corrected chi connectivity index (χ4v) is 2.11. The fraction of sp³-hybridized carbons (Fsp3) is 0.118. The molecule has 0 saturated carbocycles. The monoisotopic (exact) mass is 346 g/mol. The average molecular weight is 346 g/mol. The number of carboxylic acids is 1. The summed E-state index contributed by atoms with van der Waals surface area (Å²) in [5.41, 5.74) is -0.152. The molecule has 0 spiro atoms. The third kappa shape index (κ3) is 3.92. The summed E-state index contributed by atoms with van der Waals surface area (Å²) in [5, 5.41) is 13.7. The summed E-state index contributed by atoms with van der Waals surface area (Å²) in [4.78, 5) is 34.8. The molecule has 2 rings (SSSR count). The summed E-state index contributed by atoms with van der Waals surface area (Å²) in [7, 11) is 2.84. The van der Waals surface area contributed by atoms with Crippen molar-refractivity contribution in [1.82, 2.24) is 5.32 Å². The van der Waals surface area contributed by atoms with Crippen molar-refractivity contribution < 1.29 is 28.6 Å². The molecule has 0 aliphatic rings. The van der Waals surface area contributed by atoms with Gasteiger partial charge in [0.2, 0.25) is 0 Å². The van der Waals surface area contributed by atoms with Crippen molar-refractivity contribution in [3.05, 3.63) is 58.9 Å². The molecular weight excluding hydrogens is 331 g/mol. The third-order valence-corrected chi connectivity index (χ3v) is 3.40. The number of ether oxygens (including phenoxy) is 1. The SMILES string of the molecule is CNC(=O)c1ccc(OC)c(NC(=O)c2ccc(C(=O)O)cc2F)c1. The first kappa shape index (κ1) is 17.9. The second kappa shape index (κ2) is 7.43. The Kier molecular flexibility index (Phi) is 5.33. The number of benzene rings is 2. The molecule has 2 aromatic rings. The first-order valence-corrected chi connectivity index (χ1v) is 7.11. The summed E-state index contributed by atoms with van der Waals surface area (Å²) >= 11 is 0. The van der Waals surface area contributed by atoms with Crippen molar-refractivity contribution >= 4 is 23.5 Å². The lowest BCUT2D eigenvalue weighted by molar-refractivity contribution is 0.0695. The standard InChI is InChI=1S/C17H15FN2O5/c1-19-15(21)9-4-6-14(25-2)13(8-9)20-16(22)11-5-3-10(17(23)24)7-12(11)18/h3-8H,1-2H3,(H,19,21)(H,20,22)(H,23,24). The quantitative estimate of drug-likeness (QED) is 0.769. The molecule has 25 heavy (non-hydrogen) atoms. The number of halogens is 1. The molecule has 3 N–H and O–H groups in total. The number of amides is 2. The molecule has 0 aromatic heterocycles. The molecule has 0 saturated heterocycles. The summed E-state index contributed by atoms with van der Waals surface area (Å²) in [5.74, 6) is -3.16. The van der Waals surface area contributed by atoms with Crippen LogP contribution in [0.3, 0.4) is 0 Å². The van der Waals surface area contributed by atoms with E-state index in [9.17, 15) is 18.8 Å². The molecule has 0 heterocycles. The highest BCUT2D eigenvalue weighted by atomic mass is 19.1. The number of hydrogen-bond acceptors (Lipinski definition) is 4. The van der Waals surface area contributed by atoms with Crippen LogP contribution in [0.25, 0.3) is 0 Å². The van der Waals surface area contributed by atoms with Crippen LogP contribution in [0.2, 0.25) is 0 Å². The van der Waals surface area contributed by atoms with E-state index in [1.165, 1.54) is 32.4 Å². The number of aromatic carboxylic acids is 1. The largest absolute Gasteiger partial charge is 0.495 e. The first-order valence-electron chi connectivity index (χ1n) is 7.11. The zero-order valence-electron chi connectivity index (χ0n) is 13.4.